The van der Waals surface area contributed by atoms with E-state index < -0.39 is 0 Å². The Bertz CT molecular complexity index is 960. The summed E-state index contributed by atoms with van der Waals surface area (Å²) in [5.41, 5.74) is 2.12. The molecule has 3 aromatic rings. The van der Waals surface area contributed by atoms with E-state index in [2.05, 4.69) is 41.4 Å². The molecule has 0 radical (unpaired) electrons. The molecule has 0 bridgehead atoms. The molecule has 0 spiro atoms. The van der Waals surface area contributed by atoms with Crippen molar-refractivity contribution in [3.63, 3.8) is 0 Å². The standard InChI is InChI=1S/C18H24N6OS/c1-11-6-4-7-12-13(11)14-16-21-15(17(25)19-8-5-9-23(2)3)22-24(16)10-20-18(14)26-12/h10-11H,4-9H2,1-3H3,(H,19,25)/p+1/t11-/m1/s1. The van der Waals surface area contributed by atoms with Crippen molar-refractivity contribution in [2.24, 2.45) is 0 Å². The van der Waals surface area contributed by atoms with Gasteiger partial charge in [0.25, 0.3) is 5.91 Å². The number of aryl methyl sites for hydroxylation is 1. The van der Waals surface area contributed by atoms with Gasteiger partial charge in [0.1, 0.15) is 11.2 Å². The van der Waals surface area contributed by atoms with Crippen LogP contribution in [0.5, 0.6) is 0 Å². The summed E-state index contributed by atoms with van der Waals surface area (Å²) in [5, 5.41) is 8.37. The van der Waals surface area contributed by atoms with E-state index in [4.69, 9.17) is 0 Å². The van der Waals surface area contributed by atoms with Gasteiger partial charge in [-0.25, -0.2) is 14.5 Å². The lowest BCUT2D eigenvalue weighted by Gasteiger charge is -2.18. The molecule has 1 amide bonds. The number of nitrogens with zero attached hydrogens (tertiary/aromatic N) is 4. The molecule has 0 saturated carbocycles. The number of aromatic nitrogens is 4. The first-order chi connectivity index (χ1) is 12.5. The van der Waals surface area contributed by atoms with Gasteiger partial charge < -0.3 is 10.2 Å². The van der Waals surface area contributed by atoms with Gasteiger partial charge in [0.05, 0.1) is 26.0 Å². The van der Waals surface area contributed by atoms with Crippen LogP contribution in [0, 0.1) is 0 Å². The third kappa shape index (κ3) is 3.07. The number of hydrogen-bond acceptors (Lipinski definition) is 5. The van der Waals surface area contributed by atoms with E-state index in [1.165, 1.54) is 28.2 Å². The van der Waals surface area contributed by atoms with Crippen LogP contribution >= 0.6 is 11.3 Å². The fourth-order valence-electron chi connectivity index (χ4n) is 3.70. The number of rotatable bonds is 5. The van der Waals surface area contributed by atoms with Gasteiger partial charge in [0.2, 0.25) is 5.82 Å². The molecule has 0 fully saturated rings. The minimum Gasteiger partial charge on any atom is -0.349 e. The van der Waals surface area contributed by atoms with Gasteiger partial charge in [0, 0.05) is 17.8 Å². The summed E-state index contributed by atoms with van der Waals surface area (Å²) in [5.74, 6) is 0.510. The van der Waals surface area contributed by atoms with Crippen LogP contribution in [0.4, 0.5) is 0 Å². The molecule has 3 heterocycles. The summed E-state index contributed by atoms with van der Waals surface area (Å²) in [6.45, 7) is 3.92. The zero-order chi connectivity index (χ0) is 18.3. The number of quaternary nitrogens is 1. The minimum absolute atomic E-state index is 0.215. The highest BCUT2D eigenvalue weighted by Crippen LogP contribution is 2.42. The first-order valence-corrected chi connectivity index (χ1v) is 10.1. The molecular formula is C18H25N6OS+. The van der Waals surface area contributed by atoms with Crippen molar-refractivity contribution in [2.75, 3.05) is 27.2 Å². The van der Waals surface area contributed by atoms with Gasteiger partial charge in [-0.05, 0) is 30.7 Å². The first kappa shape index (κ1) is 17.4. The van der Waals surface area contributed by atoms with E-state index in [9.17, 15) is 4.79 Å². The van der Waals surface area contributed by atoms with Gasteiger partial charge in [0.15, 0.2) is 5.65 Å². The molecule has 0 saturated heterocycles. The number of carbonyl (C=O) groups excluding carboxylic acids is 1. The van der Waals surface area contributed by atoms with Crippen LogP contribution in [0.3, 0.4) is 0 Å². The summed E-state index contributed by atoms with van der Waals surface area (Å²) in [6.07, 6.45) is 6.13. The molecule has 0 aliphatic heterocycles. The van der Waals surface area contributed by atoms with Crippen molar-refractivity contribution < 1.29 is 9.69 Å². The average Bonchev–Trinajstić information content (AvgIpc) is 3.19. The SMILES string of the molecule is C[C@@H]1CCCc2sc3ncn4nc(C(=O)NCCC[NH+](C)C)nc4c3c21. The van der Waals surface area contributed by atoms with Crippen LogP contribution in [0.1, 0.15) is 53.2 Å². The largest absolute Gasteiger partial charge is 0.349 e. The van der Waals surface area contributed by atoms with Gasteiger partial charge >= 0.3 is 0 Å². The van der Waals surface area contributed by atoms with Crippen LogP contribution < -0.4 is 10.2 Å². The number of amides is 1. The highest BCUT2D eigenvalue weighted by Gasteiger charge is 2.25. The molecule has 1 atom stereocenters. The highest BCUT2D eigenvalue weighted by atomic mass is 32.1. The molecule has 8 heteroatoms. The summed E-state index contributed by atoms with van der Waals surface area (Å²) in [4.78, 5) is 25.3. The zero-order valence-corrected chi connectivity index (χ0v) is 16.3. The summed E-state index contributed by atoms with van der Waals surface area (Å²) < 4.78 is 1.65. The Kier molecular flexibility index (Phi) is 4.62. The smallest absolute Gasteiger partial charge is 0.290 e. The molecule has 7 nitrogen and oxygen atoms in total. The van der Waals surface area contributed by atoms with Gasteiger partial charge in [-0.1, -0.05) is 6.92 Å². The topological polar surface area (TPSA) is 76.6 Å². The Labute approximate surface area is 156 Å². The lowest BCUT2D eigenvalue weighted by atomic mass is 9.87. The second kappa shape index (κ2) is 6.92. The Hall–Kier alpha value is -2.06. The minimum atomic E-state index is -0.215. The zero-order valence-electron chi connectivity index (χ0n) is 15.5. The maximum Gasteiger partial charge on any atom is 0.290 e. The average molecular weight is 374 g/mol. The van der Waals surface area contributed by atoms with E-state index in [0.717, 1.165) is 35.3 Å². The molecule has 2 N–H and O–H groups in total. The summed E-state index contributed by atoms with van der Waals surface area (Å²) in [6, 6.07) is 0. The molecule has 1 aliphatic carbocycles. The number of nitrogens with one attached hydrogen (secondary N) is 2. The maximum absolute atomic E-state index is 12.4. The Balaban J connectivity index is 1.66. The third-order valence-electron chi connectivity index (χ3n) is 5.02. The molecule has 138 valence electrons. The van der Waals surface area contributed by atoms with Gasteiger partial charge in [-0.2, -0.15) is 0 Å². The van der Waals surface area contributed by atoms with Crippen LogP contribution in [0.15, 0.2) is 6.33 Å². The number of thiophene rings is 1. The van der Waals surface area contributed by atoms with Crippen molar-refractivity contribution in [3.8, 4) is 0 Å². The normalized spacial score (nSPS) is 17.2. The molecule has 3 aromatic heterocycles. The monoisotopic (exact) mass is 373 g/mol. The van der Waals surface area contributed by atoms with Crippen LogP contribution in [-0.4, -0.2) is 52.7 Å². The highest BCUT2D eigenvalue weighted by molar-refractivity contribution is 7.19. The van der Waals surface area contributed by atoms with E-state index >= 15 is 0 Å². The van der Waals surface area contributed by atoms with Gasteiger partial charge in [-0.3, -0.25) is 4.79 Å². The first-order valence-electron chi connectivity index (χ1n) is 9.28. The second-order valence-electron chi connectivity index (χ2n) is 7.43. The van der Waals surface area contributed by atoms with Crippen molar-refractivity contribution >= 4 is 33.1 Å². The van der Waals surface area contributed by atoms with Crippen molar-refractivity contribution in [3.05, 3.63) is 22.6 Å². The van der Waals surface area contributed by atoms with Crippen molar-refractivity contribution in [2.45, 2.75) is 38.5 Å². The Morgan fingerprint density at radius 3 is 3.12 bits per heavy atom. The predicted octanol–water partition coefficient (Wildman–Crippen LogP) is 1.04. The van der Waals surface area contributed by atoms with E-state index in [0.29, 0.717) is 12.5 Å². The summed E-state index contributed by atoms with van der Waals surface area (Å²) in [7, 11) is 4.21. The molecule has 0 aromatic carbocycles. The lowest BCUT2D eigenvalue weighted by molar-refractivity contribution is -0.858. The summed E-state index contributed by atoms with van der Waals surface area (Å²) >= 11 is 1.76. The van der Waals surface area contributed by atoms with E-state index in [1.807, 2.05) is 0 Å². The maximum atomic E-state index is 12.4. The Morgan fingerprint density at radius 2 is 2.31 bits per heavy atom. The predicted molar refractivity (Wildman–Crippen MR) is 102 cm³/mol. The van der Waals surface area contributed by atoms with E-state index in [-0.39, 0.29) is 11.7 Å². The van der Waals surface area contributed by atoms with Crippen LogP contribution in [0.2, 0.25) is 0 Å². The van der Waals surface area contributed by atoms with Crippen molar-refractivity contribution in [1.29, 1.82) is 0 Å². The lowest BCUT2D eigenvalue weighted by Crippen LogP contribution is -3.05. The third-order valence-corrected chi connectivity index (χ3v) is 6.19. The molecule has 4 rings (SSSR count). The molecule has 1 aliphatic rings. The number of carbonyl (C=O) groups is 1. The van der Waals surface area contributed by atoms with Crippen LogP contribution in [0.25, 0.3) is 15.9 Å². The van der Waals surface area contributed by atoms with Crippen molar-refractivity contribution in [1.82, 2.24) is 24.9 Å². The quantitative estimate of drug-likeness (QED) is 0.656. The fourth-order valence-corrected chi connectivity index (χ4v) is 5.00. The second-order valence-corrected chi connectivity index (χ2v) is 8.51. The fraction of sp³-hybridized carbons (Fsp3) is 0.556. The number of hydrogen-bond donors (Lipinski definition) is 2. The van der Waals surface area contributed by atoms with Crippen LogP contribution in [-0.2, 0) is 6.42 Å². The van der Waals surface area contributed by atoms with Gasteiger partial charge in [-0.15, -0.1) is 16.4 Å². The molecule has 26 heavy (non-hydrogen) atoms. The Morgan fingerprint density at radius 1 is 1.46 bits per heavy atom. The number of fused-ring (bicyclic) bond motifs is 5. The molecular weight excluding hydrogens is 348 g/mol. The van der Waals surface area contributed by atoms with E-state index in [1.54, 1.807) is 22.2 Å². The molecule has 0 unspecified atom stereocenters.